The van der Waals surface area contributed by atoms with E-state index in [-0.39, 0.29) is 12.5 Å². The van der Waals surface area contributed by atoms with Crippen LogP contribution in [0.2, 0.25) is 0 Å². The Labute approximate surface area is 86.9 Å². The van der Waals surface area contributed by atoms with Crippen molar-refractivity contribution in [3.8, 4) is 0 Å². The average Bonchev–Trinajstić information content (AvgIpc) is 2.17. The van der Waals surface area contributed by atoms with Crippen LogP contribution in [-0.2, 0) is 4.79 Å². The van der Waals surface area contributed by atoms with E-state index in [0.29, 0.717) is 12.3 Å². The third kappa shape index (κ3) is 8.05. The monoisotopic (exact) mass is 201 g/mol. The van der Waals surface area contributed by atoms with E-state index in [2.05, 4.69) is 19.2 Å². The summed E-state index contributed by atoms with van der Waals surface area (Å²) in [5, 5.41) is 11.4. The van der Waals surface area contributed by atoms with E-state index in [1.165, 1.54) is 0 Å². The standard InChI is InChI=1S/C11H23NO2/c1-3-10(2)9-11(14)12-7-5-4-6-8-13/h10,13H,3-9H2,1-2H3,(H,12,14)/t10-/m1/s1. The second-order valence-corrected chi connectivity index (χ2v) is 3.85. The SMILES string of the molecule is CC[C@@H](C)CC(=O)NCCCCCO. The van der Waals surface area contributed by atoms with Crippen molar-refractivity contribution in [3.05, 3.63) is 0 Å². The lowest BCUT2D eigenvalue weighted by atomic mass is 10.1. The van der Waals surface area contributed by atoms with Crippen molar-refractivity contribution < 1.29 is 9.90 Å². The number of nitrogens with one attached hydrogen (secondary N) is 1. The fourth-order valence-electron chi connectivity index (χ4n) is 1.17. The molecule has 84 valence electrons. The number of aliphatic hydroxyl groups is 1. The predicted octanol–water partition coefficient (Wildman–Crippen LogP) is 1.70. The quantitative estimate of drug-likeness (QED) is 0.587. The van der Waals surface area contributed by atoms with Gasteiger partial charge in [-0.1, -0.05) is 20.3 Å². The van der Waals surface area contributed by atoms with Crippen LogP contribution in [0.1, 0.15) is 46.0 Å². The molecule has 1 amide bonds. The molecule has 0 saturated heterocycles. The van der Waals surface area contributed by atoms with Crippen LogP contribution in [0.5, 0.6) is 0 Å². The first-order chi connectivity index (χ1) is 6.70. The highest BCUT2D eigenvalue weighted by atomic mass is 16.2. The van der Waals surface area contributed by atoms with Gasteiger partial charge in [-0.3, -0.25) is 4.79 Å². The van der Waals surface area contributed by atoms with E-state index >= 15 is 0 Å². The van der Waals surface area contributed by atoms with Gasteiger partial charge in [-0.25, -0.2) is 0 Å². The highest BCUT2D eigenvalue weighted by Gasteiger charge is 2.05. The summed E-state index contributed by atoms with van der Waals surface area (Å²) in [5.74, 6) is 0.635. The molecule has 0 aromatic carbocycles. The number of unbranched alkanes of at least 4 members (excludes halogenated alkanes) is 2. The highest BCUT2D eigenvalue weighted by molar-refractivity contribution is 5.76. The summed E-state index contributed by atoms with van der Waals surface area (Å²) in [6.45, 7) is 5.18. The molecule has 0 saturated carbocycles. The first-order valence-electron chi connectivity index (χ1n) is 5.58. The summed E-state index contributed by atoms with van der Waals surface area (Å²) >= 11 is 0. The van der Waals surface area contributed by atoms with Crippen molar-refractivity contribution in [1.82, 2.24) is 5.32 Å². The summed E-state index contributed by atoms with van der Waals surface area (Å²) in [6, 6.07) is 0. The molecule has 0 aliphatic heterocycles. The lowest BCUT2D eigenvalue weighted by Crippen LogP contribution is -2.25. The van der Waals surface area contributed by atoms with Crippen LogP contribution in [0, 0.1) is 5.92 Å². The molecule has 14 heavy (non-hydrogen) atoms. The van der Waals surface area contributed by atoms with Crippen LogP contribution in [0.25, 0.3) is 0 Å². The summed E-state index contributed by atoms with van der Waals surface area (Å²) in [4.78, 5) is 11.3. The molecule has 0 aliphatic rings. The van der Waals surface area contributed by atoms with Gasteiger partial charge in [0.2, 0.25) is 5.91 Å². The second-order valence-electron chi connectivity index (χ2n) is 3.85. The van der Waals surface area contributed by atoms with Gasteiger partial charge in [-0.2, -0.15) is 0 Å². The molecule has 0 aromatic rings. The van der Waals surface area contributed by atoms with Crippen LogP contribution < -0.4 is 5.32 Å². The molecule has 0 rings (SSSR count). The summed E-state index contributed by atoms with van der Waals surface area (Å²) in [5.41, 5.74) is 0. The average molecular weight is 201 g/mol. The zero-order chi connectivity index (χ0) is 10.8. The largest absolute Gasteiger partial charge is 0.396 e. The highest BCUT2D eigenvalue weighted by Crippen LogP contribution is 2.05. The van der Waals surface area contributed by atoms with Crippen molar-refractivity contribution >= 4 is 5.91 Å². The Hall–Kier alpha value is -0.570. The van der Waals surface area contributed by atoms with Crippen LogP contribution in [0.3, 0.4) is 0 Å². The molecule has 0 bridgehead atoms. The minimum Gasteiger partial charge on any atom is -0.396 e. The number of carbonyl (C=O) groups excluding carboxylic acids is 1. The normalized spacial score (nSPS) is 12.5. The Bertz CT molecular complexity index is 148. The Balaban J connectivity index is 3.27. The number of carbonyl (C=O) groups is 1. The molecule has 0 spiro atoms. The lowest BCUT2D eigenvalue weighted by molar-refractivity contribution is -0.121. The number of amides is 1. The molecular weight excluding hydrogens is 178 g/mol. The topological polar surface area (TPSA) is 49.3 Å². The molecule has 0 fully saturated rings. The molecule has 0 aromatic heterocycles. The number of aliphatic hydroxyl groups excluding tert-OH is 1. The molecular formula is C11H23NO2. The summed E-state index contributed by atoms with van der Waals surface area (Å²) < 4.78 is 0. The first kappa shape index (κ1) is 13.4. The van der Waals surface area contributed by atoms with E-state index < -0.39 is 0 Å². The summed E-state index contributed by atoms with van der Waals surface area (Å²) in [7, 11) is 0. The Morgan fingerprint density at radius 3 is 2.64 bits per heavy atom. The number of rotatable bonds is 8. The zero-order valence-electron chi connectivity index (χ0n) is 9.38. The van der Waals surface area contributed by atoms with Crippen LogP contribution in [0.4, 0.5) is 0 Å². The van der Waals surface area contributed by atoms with Crippen molar-refractivity contribution in [3.63, 3.8) is 0 Å². The fourth-order valence-corrected chi connectivity index (χ4v) is 1.17. The van der Waals surface area contributed by atoms with Gasteiger partial charge < -0.3 is 10.4 Å². The van der Waals surface area contributed by atoms with E-state index in [4.69, 9.17) is 5.11 Å². The van der Waals surface area contributed by atoms with Gasteiger partial charge >= 0.3 is 0 Å². The van der Waals surface area contributed by atoms with Crippen molar-refractivity contribution in [2.45, 2.75) is 46.0 Å². The molecule has 3 nitrogen and oxygen atoms in total. The second kappa shape index (κ2) is 9.00. The minimum atomic E-state index is 0.156. The fraction of sp³-hybridized carbons (Fsp3) is 0.909. The van der Waals surface area contributed by atoms with Gasteiger partial charge in [0.05, 0.1) is 0 Å². The number of hydrogen-bond acceptors (Lipinski definition) is 2. The minimum absolute atomic E-state index is 0.156. The maximum atomic E-state index is 11.3. The molecule has 0 heterocycles. The van der Waals surface area contributed by atoms with Crippen LogP contribution in [-0.4, -0.2) is 24.2 Å². The lowest BCUT2D eigenvalue weighted by Gasteiger charge is -2.08. The third-order valence-electron chi connectivity index (χ3n) is 2.39. The van der Waals surface area contributed by atoms with Crippen molar-refractivity contribution in [1.29, 1.82) is 0 Å². The third-order valence-corrected chi connectivity index (χ3v) is 2.39. The van der Waals surface area contributed by atoms with Crippen LogP contribution >= 0.6 is 0 Å². The molecule has 0 unspecified atom stereocenters. The van der Waals surface area contributed by atoms with E-state index in [1.54, 1.807) is 0 Å². The zero-order valence-corrected chi connectivity index (χ0v) is 9.38. The maximum Gasteiger partial charge on any atom is 0.220 e. The molecule has 0 aliphatic carbocycles. The first-order valence-corrected chi connectivity index (χ1v) is 5.58. The van der Waals surface area contributed by atoms with Gasteiger partial charge in [-0.05, 0) is 25.2 Å². The Morgan fingerprint density at radius 1 is 1.36 bits per heavy atom. The van der Waals surface area contributed by atoms with Gasteiger partial charge in [0.15, 0.2) is 0 Å². The van der Waals surface area contributed by atoms with Gasteiger partial charge in [-0.15, -0.1) is 0 Å². The van der Waals surface area contributed by atoms with Gasteiger partial charge in [0.1, 0.15) is 0 Å². The molecule has 1 atom stereocenters. The van der Waals surface area contributed by atoms with Crippen molar-refractivity contribution in [2.75, 3.05) is 13.2 Å². The molecule has 0 radical (unpaired) electrons. The van der Waals surface area contributed by atoms with Crippen LogP contribution in [0.15, 0.2) is 0 Å². The molecule has 2 N–H and O–H groups in total. The van der Waals surface area contributed by atoms with E-state index in [1.807, 2.05) is 0 Å². The van der Waals surface area contributed by atoms with Crippen molar-refractivity contribution in [2.24, 2.45) is 5.92 Å². The van der Waals surface area contributed by atoms with E-state index in [9.17, 15) is 4.79 Å². The Kier molecular flexibility index (Phi) is 8.64. The number of hydrogen-bond donors (Lipinski definition) is 2. The van der Waals surface area contributed by atoms with Gasteiger partial charge in [0, 0.05) is 19.6 Å². The summed E-state index contributed by atoms with van der Waals surface area (Å²) in [6.07, 6.45) is 4.47. The predicted molar refractivity (Wildman–Crippen MR) is 58.0 cm³/mol. The van der Waals surface area contributed by atoms with E-state index in [0.717, 1.165) is 32.2 Å². The molecule has 3 heteroatoms. The Morgan fingerprint density at radius 2 is 2.07 bits per heavy atom. The van der Waals surface area contributed by atoms with Gasteiger partial charge in [0.25, 0.3) is 0 Å². The maximum absolute atomic E-state index is 11.3. The smallest absolute Gasteiger partial charge is 0.220 e.